The number of nitrogens with one attached hydrogen (secondary N) is 1. The second kappa shape index (κ2) is 4.56. The molecule has 0 radical (unpaired) electrons. The lowest BCUT2D eigenvalue weighted by Gasteiger charge is -2.12. The fourth-order valence-corrected chi connectivity index (χ4v) is 2.16. The first-order valence-corrected chi connectivity index (χ1v) is 5.84. The van der Waals surface area contributed by atoms with Crippen molar-refractivity contribution >= 4 is 11.6 Å². The normalized spacial score (nSPS) is 16.3. The Morgan fingerprint density at radius 3 is 2.69 bits per heavy atom. The van der Waals surface area contributed by atoms with Gasteiger partial charge in [0.25, 0.3) is 5.91 Å². The van der Waals surface area contributed by atoms with Crippen molar-refractivity contribution < 1.29 is 4.79 Å². The highest BCUT2D eigenvalue weighted by atomic mass is 16.1. The van der Waals surface area contributed by atoms with E-state index in [4.69, 9.17) is 5.73 Å². The molecule has 3 heteroatoms. The van der Waals surface area contributed by atoms with Crippen LogP contribution in [0.3, 0.4) is 0 Å². The number of nitrogens with two attached hydrogens (primary N) is 1. The van der Waals surface area contributed by atoms with Gasteiger partial charge in [0.05, 0.1) is 0 Å². The third-order valence-corrected chi connectivity index (χ3v) is 3.22. The molecule has 1 saturated carbocycles. The van der Waals surface area contributed by atoms with Crippen LogP contribution < -0.4 is 11.1 Å². The number of benzene rings is 1. The first-order valence-electron chi connectivity index (χ1n) is 5.84. The van der Waals surface area contributed by atoms with Crippen molar-refractivity contribution in [1.82, 2.24) is 5.32 Å². The Morgan fingerprint density at radius 2 is 2.06 bits per heavy atom. The highest BCUT2D eigenvalue weighted by Crippen LogP contribution is 2.19. The van der Waals surface area contributed by atoms with Crippen molar-refractivity contribution in [2.45, 2.75) is 38.6 Å². The van der Waals surface area contributed by atoms with Gasteiger partial charge in [0.15, 0.2) is 0 Å². The number of amides is 1. The van der Waals surface area contributed by atoms with Crippen LogP contribution in [0.25, 0.3) is 0 Å². The number of aryl methyl sites for hydroxylation is 1. The van der Waals surface area contributed by atoms with Crippen LogP contribution in [0.1, 0.15) is 41.6 Å². The minimum Gasteiger partial charge on any atom is -0.399 e. The predicted octanol–water partition coefficient (Wildman–Crippen LogP) is 2.25. The lowest BCUT2D eigenvalue weighted by atomic mass is 10.1. The Labute approximate surface area is 96.0 Å². The van der Waals surface area contributed by atoms with E-state index in [1.807, 2.05) is 13.0 Å². The molecule has 0 atom stereocenters. The summed E-state index contributed by atoms with van der Waals surface area (Å²) >= 11 is 0. The third kappa shape index (κ3) is 2.35. The van der Waals surface area contributed by atoms with Gasteiger partial charge in [0, 0.05) is 17.3 Å². The van der Waals surface area contributed by atoms with Crippen LogP contribution in [0.2, 0.25) is 0 Å². The molecule has 0 unspecified atom stereocenters. The molecule has 16 heavy (non-hydrogen) atoms. The van der Waals surface area contributed by atoms with Gasteiger partial charge in [-0.15, -0.1) is 0 Å². The highest BCUT2D eigenvalue weighted by molar-refractivity contribution is 5.95. The predicted molar refractivity (Wildman–Crippen MR) is 65.3 cm³/mol. The van der Waals surface area contributed by atoms with Gasteiger partial charge in [-0.05, 0) is 43.5 Å². The summed E-state index contributed by atoms with van der Waals surface area (Å²) in [4.78, 5) is 11.9. The number of carbonyl (C=O) groups excluding carboxylic acids is 1. The van der Waals surface area contributed by atoms with Crippen LogP contribution >= 0.6 is 0 Å². The summed E-state index contributed by atoms with van der Waals surface area (Å²) in [6, 6.07) is 5.79. The number of rotatable bonds is 2. The quantitative estimate of drug-likeness (QED) is 0.748. The summed E-state index contributed by atoms with van der Waals surface area (Å²) in [5, 5.41) is 3.06. The molecule has 1 aromatic rings. The van der Waals surface area contributed by atoms with Crippen molar-refractivity contribution in [3.8, 4) is 0 Å². The molecule has 0 heterocycles. The van der Waals surface area contributed by atoms with Crippen molar-refractivity contribution in [2.24, 2.45) is 0 Å². The average molecular weight is 218 g/mol. The van der Waals surface area contributed by atoms with Gasteiger partial charge in [-0.2, -0.15) is 0 Å². The number of hydrogen-bond donors (Lipinski definition) is 2. The maximum Gasteiger partial charge on any atom is 0.251 e. The van der Waals surface area contributed by atoms with Crippen LogP contribution in [0, 0.1) is 6.92 Å². The third-order valence-electron chi connectivity index (χ3n) is 3.22. The molecule has 0 aromatic heterocycles. The molecular weight excluding hydrogens is 200 g/mol. The topological polar surface area (TPSA) is 55.1 Å². The Morgan fingerprint density at radius 1 is 1.38 bits per heavy atom. The van der Waals surface area contributed by atoms with Crippen molar-refractivity contribution in [2.75, 3.05) is 5.73 Å². The Balaban J connectivity index is 2.05. The lowest BCUT2D eigenvalue weighted by Crippen LogP contribution is -2.32. The first kappa shape index (κ1) is 11.0. The van der Waals surface area contributed by atoms with Gasteiger partial charge in [0.1, 0.15) is 0 Å². The van der Waals surface area contributed by atoms with E-state index in [0.717, 1.165) is 24.1 Å². The summed E-state index contributed by atoms with van der Waals surface area (Å²) in [6.45, 7) is 1.92. The summed E-state index contributed by atoms with van der Waals surface area (Å²) < 4.78 is 0. The Kier molecular flexibility index (Phi) is 3.13. The molecular formula is C13H18N2O. The average Bonchev–Trinajstić information content (AvgIpc) is 2.74. The molecule has 3 N–H and O–H groups in total. The van der Waals surface area contributed by atoms with Crippen molar-refractivity contribution in [1.29, 1.82) is 0 Å². The molecule has 86 valence electrons. The molecule has 2 rings (SSSR count). The molecule has 1 fully saturated rings. The van der Waals surface area contributed by atoms with Crippen molar-refractivity contribution in [3.05, 3.63) is 29.3 Å². The zero-order valence-corrected chi connectivity index (χ0v) is 9.62. The van der Waals surface area contributed by atoms with Crippen LogP contribution in [0.15, 0.2) is 18.2 Å². The molecule has 0 spiro atoms. The molecule has 0 saturated heterocycles. The summed E-state index contributed by atoms with van der Waals surface area (Å²) in [6.07, 6.45) is 4.68. The molecule has 1 aromatic carbocycles. The molecule has 1 aliphatic rings. The summed E-state index contributed by atoms with van der Waals surface area (Å²) in [5.74, 6) is 0.0231. The Bertz CT molecular complexity index is 395. The van der Waals surface area contributed by atoms with E-state index in [9.17, 15) is 4.79 Å². The highest BCUT2D eigenvalue weighted by Gasteiger charge is 2.17. The van der Waals surface area contributed by atoms with Crippen molar-refractivity contribution in [3.63, 3.8) is 0 Å². The maximum atomic E-state index is 11.9. The molecule has 1 aliphatic carbocycles. The minimum atomic E-state index is 0.0231. The maximum absolute atomic E-state index is 11.9. The van der Waals surface area contributed by atoms with Gasteiger partial charge in [-0.25, -0.2) is 0 Å². The fourth-order valence-electron chi connectivity index (χ4n) is 2.16. The van der Waals surface area contributed by atoms with Gasteiger partial charge in [0.2, 0.25) is 0 Å². The molecule has 3 nitrogen and oxygen atoms in total. The van der Waals surface area contributed by atoms with Crippen LogP contribution in [0.4, 0.5) is 5.69 Å². The number of anilines is 1. The largest absolute Gasteiger partial charge is 0.399 e. The minimum absolute atomic E-state index is 0.0231. The SMILES string of the molecule is Cc1cc(C(=O)NC2CCCC2)ccc1N. The summed E-state index contributed by atoms with van der Waals surface area (Å²) in [5.41, 5.74) is 8.12. The Hall–Kier alpha value is -1.51. The van der Waals surface area contributed by atoms with Crippen LogP contribution in [-0.2, 0) is 0 Å². The van der Waals surface area contributed by atoms with E-state index in [-0.39, 0.29) is 5.91 Å². The second-order valence-corrected chi connectivity index (χ2v) is 4.53. The van der Waals surface area contributed by atoms with Gasteiger partial charge >= 0.3 is 0 Å². The molecule has 0 bridgehead atoms. The van der Waals surface area contributed by atoms with E-state index in [1.165, 1.54) is 12.8 Å². The fraction of sp³-hybridized carbons (Fsp3) is 0.462. The zero-order valence-electron chi connectivity index (χ0n) is 9.62. The smallest absolute Gasteiger partial charge is 0.251 e. The van der Waals surface area contributed by atoms with E-state index in [0.29, 0.717) is 11.6 Å². The van der Waals surface area contributed by atoms with E-state index >= 15 is 0 Å². The number of nitrogen functional groups attached to an aromatic ring is 1. The summed E-state index contributed by atoms with van der Waals surface area (Å²) in [7, 11) is 0. The van der Waals surface area contributed by atoms with Crippen LogP contribution in [-0.4, -0.2) is 11.9 Å². The monoisotopic (exact) mass is 218 g/mol. The van der Waals surface area contributed by atoms with Gasteiger partial charge in [-0.1, -0.05) is 12.8 Å². The molecule has 0 aliphatic heterocycles. The van der Waals surface area contributed by atoms with Gasteiger partial charge in [-0.3, -0.25) is 4.79 Å². The zero-order chi connectivity index (χ0) is 11.5. The lowest BCUT2D eigenvalue weighted by molar-refractivity contribution is 0.0938. The number of carbonyl (C=O) groups is 1. The van der Waals surface area contributed by atoms with E-state index in [2.05, 4.69) is 5.32 Å². The number of hydrogen-bond acceptors (Lipinski definition) is 2. The van der Waals surface area contributed by atoms with E-state index in [1.54, 1.807) is 12.1 Å². The molecule has 1 amide bonds. The second-order valence-electron chi connectivity index (χ2n) is 4.53. The standard InChI is InChI=1S/C13H18N2O/c1-9-8-10(6-7-12(9)14)13(16)15-11-4-2-3-5-11/h6-8,11H,2-5,14H2,1H3,(H,15,16). The van der Waals surface area contributed by atoms with E-state index < -0.39 is 0 Å². The van der Waals surface area contributed by atoms with Gasteiger partial charge < -0.3 is 11.1 Å². The van der Waals surface area contributed by atoms with Crippen LogP contribution in [0.5, 0.6) is 0 Å². The first-order chi connectivity index (χ1) is 7.66.